The summed E-state index contributed by atoms with van der Waals surface area (Å²) in [7, 11) is 1.68. The Balaban J connectivity index is 0.000000122. The SMILES string of the molecule is CC1(N2CCN(C(=O)C3CCN(c4c(F)cncc4NC(=O)c4c(N)nn5cc(F)cnc45)CC3)CC2)COC1.CCOC1CN(C(=O)C2CCN(c3ccncc3NC(=O)c3c(N)nn4cc(F)cnc34)CC2)C1.CO[C@@H]1CCN(C(=O)C2CCN(c3ccncc3NC(=O)c3c(N)nn4cc(F)cnc34)CC2)C1.Nc1nn2cc(F)cnc2c1C(=O)Nc1cnccc1N1CCC(C(=O)N2CC3(CCO3)C2)CC1. The number of aromatic nitrogens is 16. The van der Waals surface area contributed by atoms with Crippen LogP contribution in [0, 0.1) is 52.8 Å². The summed E-state index contributed by atoms with van der Waals surface area (Å²) in [6, 6.07) is 5.49. The summed E-state index contributed by atoms with van der Waals surface area (Å²) < 4.78 is 95.5. The van der Waals surface area contributed by atoms with Crippen molar-refractivity contribution in [2.75, 3.05) is 215 Å². The molecule has 10 saturated heterocycles. The average Bonchev–Trinajstić information content (AvgIpc) is 1.72. The molecule has 762 valence electrons. The predicted molar refractivity (Wildman–Crippen MR) is 519 cm³/mol. The molecule has 10 aliphatic rings. The first-order valence-corrected chi connectivity index (χ1v) is 48.2. The van der Waals surface area contributed by atoms with Gasteiger partial charge in [-0.2, -0.15) is 0 Å². The van der Waals surface area contributed by atoms with E-state index >= 15 is 4.39 Å². The predicted octanol–water partition coefficient (Wildman–Crippen LogP) is 5.83. The largest absolute Gasteiger partial charge is 0.381 e. The van der Waals surface area contributed by atoms with Gasteiger partial charge in [0.25, 0.3) is 23.6 Å². The van der Waals surface area contributed by atoms with Gasteiger partial charge in [0.2, 0.25) is 23.6 Å². The molecular weight excluding hydrogens is 1890 g/mol. The molecule has 45 nitrogen and oxygen atoms in total. The molecule has 0 aliphatic carbocycles. The van der Waals surface area contributed by atoms with Crippen LogP contribution in [0.15, 0.2) is 117 Å². The van der Waals surface area contributed by atoms with E-state index in [2.05, 4.69) is 108 Å². The van der Waals surface area contributed by atoms with Crippen LogP contribution in [0.1, 0.15) is 119 Å². The quantitative estimate of drug-likeness (QED) is 0.0416. The Hall–Kier alpha value is -15.3. The molecule has 0 radical (unpaired) electrons. The number of ether oxygens (including phenoxy) is 4. The molecule has 145 heavy (non-hydrogen) atoms. The zero-order valence-electron chi connectivity index (χ0n) is 79.8. The first-order valence-electron chi connectivity index (χ1n) is 48.2. The number of carbonyl (C=O) groups is 8. The van der Waals surface area contributed by atoms with Crippen molar-refractivity contribution in [3.05, 3.63) is 169 Å². The van der Waals surface area contributed by atoms with E-state index < -0.39 is 52.7 Å². The molecule has 12 aromatic heterocycles. The number of hydrogen-bond acceptors (Lipinski definition) is 33. The highest BCUT2D eigenvalue weighted by Crippen LogP contribution is 2.42. The van der Waals surface area contributed by atoms with Crippen molar-refractivity contribution in [1.29, 1.82) is 0 Å². The lowest BCUT2D eigenvalue weighted by Gasteiger charge is -2.55. The van der Waals surface area contributed by atoms with Crippen LogP contribution in [-0.2, 0) is 38.1 Å². The second-order valence-electron chi connectivity index (χ2n) is 37.8. The average molecular weight is 2000 g/mol. The van der Waals surface area contributed by atoms with Crippen molar-refractivity contribution in [3.8, 4) is 0 Å². The zero-order valence-corrected chi connectivity index (χ0v) is 79.8. The Kier molecular flexibility index (Phi) is 28.5. The molecule has 10 fully saturated rings. The minimum absolute atomic E-state index is 0.00592. The van der Waals surface area contributed by atoms with Gasteiger partial charge in [-0.05, 0) is 89.8 Å². The molecule has 12 N–H and O–H groups in total. The highest BCUT2D eigenvalue weighted by Gasteiger charge is 2.52. The van der Waals surface area contributed by atoms with Gasteiger partial charge >= 0.3 is 0 Å². The number of piperidine rings is 4. The Bertz CT molecular complexity index is 6870. The highest BCUT2D eigenvalue weighted by molar-refractivity contribution is 6.15. The molecule has 0 aromatic carbocycles. The summed E-state index contributed by atoms with van der Waals surface area (Å²) in [5.41, 5.74) is 28.6. The minimum Gasteiger partial charge on any atom is -0.381 e. The maximum atomic E-state index is 15.1. The van der Waals surface area contributed by atoms with Crippen molar-refractivity contribution in [2.24, 2.45) is 23.7 Å². The normalized spacial score (nSPS) is 18.9. The molecule has 50 heteroatoms. The van der Waals surface area contributed by atoms with E-state index in [1.807, 2.05) is 49.6 Å². The maximum Gasteiger partial charge on any atom is 0.263 e. The van der Waals surface area contributed by atoms with Crippen LogP contribution >= 0.6 is 0 Å². The van der Waals surface area contributed by atoms with Gasteiger partial charge < -0.3 is 102 Å². The van der Waals surface area contributed by atoms with E-state index in [0.717, 1.165) is 182 Å². The molecule has 1 spiro atoms. The van der Waals surface area contributed by atoms with Crippen molar-refractivity contribution in [2.45, 2.75) is 101 Å². The van der Waals surface area contributed by atoms with Crippen LogP contribution in [0.5, 0.6) is 0 Å². The van der Waals surface area contributed by atoms with Crippen molar-refractivity contribution in [1.82, 2.24) is 103 Å². The lowest BCUT2D eigenvalue weighted by Crippen LogP contribution is -2.70. The number of rotatable bonds is 20. The van der Waals surface area contributed by atoms with Gasteiger partial charge in [0, 0.05) is 167 Å². The van der Waals surface area contributed by atoms with Gasteiger partial charge in [0.05, 0.1) is 171 Å². The number of methoxy groups -OCH3 is 1. The number of nitrogen functional groups attached to an aromatic ring is 4. The number of likely N-dealkylation sites (tertiary alicyclic amines) is 3. The summed E-state index contributed by atoms with van der Waals surface area (Å²) >= 11 is 0. The van der Waals surface area contributed by atoms with E-state index in [4.69, 9.17) is 41.9 Å². The Labute approximate surface area is 825 Å². The molecule has 22 rings (SSSR count). The Morgan fingerprint density at radius 3 is 1.10 bits per heavy atom. The number of amides is 8. The lowest BCUT2D eigenvalue weighted by atomic mass is 9.84. The highest BCUT2D eigenvalue weighted by atomic mass is 19.1. The minimum atomic E-state index is -0.674. The molecule has 8 amide bonds. The number of hydrogen-bond donors (Lipinski definition) is 8. The number of carbonyl (C=O) groups excluding carboxylic acids is 8. The van der Waals surface area contributed by atoms with Crippen LogP contribution in [-0.4, -0.2) is 325 Å². The molecule has 10 aliphatic heterocycles. The van der Waals surface area contributed by atoms with Crippen molar-refractivity contribution in [3.63, 3.8) is 0 Å². The monoisotopic (exact) mass is 2000 g/mol. The fraction of sp³-hybridized carbons (Fsp3) is 0.453. The van der Waals surface area contributed by atoms with Crippen LogP contribution in [0.3, 0.4) is 0 Å². The maximum absolute atomic E-state index is 15.1. The van der Waals surface area contributed by atoms with Gasteiger partial charge in [0.1, 0.15) is 33.5 Å². The fourth-order valence-electron chi connectivity index (χ4n) is 20.5. The summed E-state index contributed by atoms with van der Waals surface area (Å²) in [5.74, 6) is -4.97. The number of anilines is 12. The second-order valence-corrected chi connectivity index (χ2v) is 37.8. The van der Waals surface area contributed by atoms with Crippen LogP contribution in [0.2, 0.25) is 0 Å². The van der Waals surface area contributed by atoms with Gasteiger partial charge in [0.15, 0.2) is 74.9 Å². The van der Waals surface area contributed by atoms with E-state index in [1.54, 1.807) is 44.3 Å². The van der Waals surface area contributed by atoms with Gasteiger partial charge in [-0.1, -0.05) is 0 Å². The Morgan fingerprint density at radius 2 is 0.759 bits per heavy atom. The van der Waals surface area contributed by atoms with Gasteiger partial charge in [-0.3, -0.25) is 63.2 Å². The summed E-state index contributed by atoms with van der Waals surface area (Å²) in [6.07, 6.45) is 28.1. The van der Waals surface area contributed by atoms with E-state index in [1.165, 1.54) is 6.20 Å². The molecule has 12 aromatic rings. The number of nitrogens with two attached hydrogens (primary N) is 4. The van der Waals surface area contributed by atoms with Crippen LogP contribution in [0.25, 0.3) is 22.6 Å². The number of piperazine rings is 1. The van der Waals surface area contributed by atoms with Crippen molar-refractivity contribution < 1.29 is 79.3 Å². The number of nitrogens with one attached hydrogen (secondary N) is 4. The lowest BCUT2D eigenvalue weighted by molar-refractivity contribution is -0.223. The van der Waals surface area contributed by atoms with E-state index in [9.17, 15) is 55.9 Å². The van der Waals surface area contributed by atoms with Crippen LogP contribution < -0.4 is 63.8 Å². The summed E-state index contributed by atoms with van der Waals surface area (Å²) in [6.45, 7) is 19.2. The summed E-state index contributed by atoms with van der Waals surface area (Å²) in [4.78, 5) is 155. The Morgan fingerprint density at radius 1 is 0.414 bits per heavy atom. The number of nitrogens with zero attached hydrogens (tertiary/aromatic N) is 25. The molecular formula is C95H110F5N33O12. The second kappa shape index (κ2) is 41.9. The first kappa shape index (κ1) is 98.5. The number of halogens is 5. The zero-order chi connectivity index (χ0) is 101. The summed E-state index contributed by atoms with van der Waals surface area (Å²) in [5, 5.41) is 27.1. The number of fused-ring (bicyclic) bond motifs is 4. The molecule has 22 heterocycles. The van der Waals surface area contributed by atoms with Gasteiger partial charge in [-0.25, -0.2) is 59.9 Å². The standard InChI is InChI=1S/C26H31F2N9O3.C23H25FN8O3.2C23H27FN8O3/c1-26(14-40-15-26)36-8-6-35(7-9-36)25(39)16-2-4-34(5-3-16)21-18(28)11-30-12-19(21)32-24(38)20-22(29)33-37-13-17(27)10-31-23(20)37;24-15-9-27-20-18(19(25)29-32(20)11-15)21(33)28-16-10-26-5-1-17(16)30-6-2-14(3-7-30)22(34)31-12-23(13-31)4-8-35-23;1-35-16-5-9-31(13-16)23(34)14-3-7-30(8-4-14)18-2-6-26-11-17(18)28-22(33)19-20(25)29-32-12-15(24)10-27-21(19)32;1-2-35-16-12-31(13-16)23(34)14-4-7-30(8-5-14)18-3-6-26-10-17(18)28-22(33)19-20(25)29-32-11-15(24)9-27-21(19)32/h10-13,16H,2-9,14-15H2,1H3,(H2,29,33)(H,32,38);1,5,9-11,14H,2-4,6-8,12-13H2,(H2,25,29)(H,28,33);2,6,10-12,14,16H,3-5,7-9,13H2,1H3,(H2,25,29)(H,28,33);3,6,9-11,14,16H,2,4-5,7-8,12-13H2,1H3,(H2,25,29)(H,28,33)/t;;16-;/m..1./s1. The van der Waals surface area contributed by atoms with Crippen LogP contribution in [0.4, 0.5) is 90.7 Å². The van der Waals surface area contributed by atoms with E-state index in [0.29, 0.717) is 135 Å². The number of pyridine rings is 4. The smallest absolute Gasteiger partial charge is 0.263 e. The van der Waals surface area contributed by atoms with Gasteiger partial charge in [-0.15, -0.1) is 20.4 Å². The molecule has 0 saturated carbocycles. The third kappa shape index (κ3) is 20.7. The third-order valence-corrected chi connectivity index (χ3v) is 28.5. The van der Waals surface area contributed by atoms with Crippen molar-refractivity contribution >= 4 is 139 Å². The topological polar surface area (TPSA) is 527 Å². The fourth-order valence-corrected chi connectivity index (χ4v) is 20.5. The molecule has 0 unspecified atom stereocenters. The first-order chi connectivity index (χ1) is 70.0. The van der Waals surface area contributed by atoms with E-state index in [-0.39, 0.29) is 150 Å². The third-order valence-electron chi connectivity index (χ3n) is 28.5. The molecule has 0 bridgehead atoms. The molecule has 1 atom stereocenters.